The van der Waals surface area contributed by atoms with Crippen LogP contribution in [0.25, 0.3) is 11.1 Å². The van der Waals surface area contributed by atoms with E-state index in [1.165, 1.54) is 12.1 Å². The number of nitrogens with one attached hydrogen (secondary N) is 1. The minimum Gasteiger partial charge on any atom is -0.478 e. The molecule has 0 aliphatic heterocycles. The monoisotopic (exact) mass is 293 g/mol. The Labute approximate surface area is 122 Å². The van der Waals surface area contributed by atoms with Crippen LogP contribution in [-0.4, -0.2) is 61.4 Å². The molecule has 0 saturated heterocycles. The summed E-state index contributed by atoms with van der Waals surface area (Å²) >= 11 is 0. The van der Waals surface area contributed by atoms with Gasteiger partial charge in [-0.2, -0.15) is 4.98 Å². The molecule has 2 rings (SSSR count). The molecule has 0 spiro atoms. The van der Waals surface area contributed by atoms with Crippen LogP contribution in [0.1, 0.15) is 10.4 Å². The summed E-state index contributed by atoms with van der Waals surface area (Å²) in [7, 11) is 3.98. The van der Waals surface area contributed by atoms with Crippen molar-refractivity contribution in [2.45, 2.75) is 0 Å². The van der Waals surface area contributed by atoms with Gasteiger partial charge >= 0.3 is 5.97 Å². The van der Waals surface area contributed by atoms with Crippen molar-refractivity contribution in [2.75, 3.05) is 45.7 Å². The molecule has 0 atom stereocenters. The number of carboxylic acids is 1. The molecule has 1 aromatic heterocycles. The maximum Gasteiger partial charge on any atom is 0.335 e. The van der Waals surface area contributed by atoms with E-state index in [1.54, 1.807) is 6.07 Å². The molecule has 2 aromatic rings. The zero-order valence-corrected chi connectivity index (χ0v) is 12.1. The maximum atomic E-state index is 10.9. The molecule has 0 aliphatic rings. The van der Waals surface area contributed by atoms with E-state index < -0.39 is 5.97 Å². The number of carbonyl (C=O) groups is 1. The van der Waals surface area contributed by atoms with Crippen molar-refractivity contribution >= 4 is 23.1 Å². The lowest BCUT2D eigenvalue weighted by Gasteiger charge is -2.09. The largest absolute Gasteiger partial charge is 0.478 e. The van der Waals surface area contributed by atoms with Crippen molar-refractivity contribution < 1.29 is 19.1 Å². The van der Waals surface area contributed by atoms with Gasteiger partial charge in [0.05, 0.1) is 18.8 Å². The van der Waals surface area contributed by atoms with E-state index in [1.807, 2.05) is 19.0 Å². The third-order valence-corrected chi connectivity index (χ3v) is 2.84. The van der Waals surface area contributed by atoms with Crippen LogP contribution in [0.5, 0.6) is 0 Å². The summed E-state index contributed by atoms with van der Waals surface area (Å²) < 4.78 is 10.9. The Hall–Kier alpha value is -2.12. The summed E-state index contributed by atoms with van der Waals surface area (Å²) in [4.78, 5) is 17.1. The first kappa shape index (κ1) is 15.3. The van der Waals surface area contributed by atoms with E-state index >= 15 is 0 Å². The molecular weight excluding hydrogens is 274 g/mol. The topological polar surface area (TPSA) is 87.8 Å². The van der Waals surface area contributed by atoms with Gasteiger partial charge in [-0.3, -0.25) is 0 Å². The molecule has 2 N–H and O–H groups in total. The number of fused-ring (bicyclic) bond motifs is 1. The minimum absolute atomic E-state index is 0.178. The molecule has 0 amide bonds. The van der Waals surface area contributed by atoms with E-state index in [-0.39, 0.29) is 5.56 Å². The van der Waals surface area contributed by atoms with Gasteiger partial charge in [-0.05, 0) is 32.3 Å². The average molecular weight is 293 g/mol. The second kappa shape index (κ2) is 7.05. The molecular formula is C14H19N3O4. The minimum atomic E-state index is -0.989. The molecule has 0 aliphatic carbocycles. The highest BCUT2D eigenvalue weighted by Gasteiger charge is 2.09. The smallest absolute Gasteiger partial charge is 0.335 e. The molecule has 0 unspecified atom stereocenters. The van der Waals surface area contributed by atoms with Crippen LogP contribution in [0.2, 0.25) is 0 Å². The number of carboxylic acid groups (broad SMARTS) is 1. The first-order chi connectivity index (χ1) is 10.1. The SMILES string of the molecule is CN(C)CCOCCNc1nc2ccc(C(=O)O)cc2o1. The summed E-state index contributed by atoms with van der Waals surface area (Å²) in [6.45, 7) is 2.67. The summed E-state index contributed by atoms with van der Waals surface area (Å²) in [6, 6.07) is 4.95. The highest BCUT2D eigenvalue weighted by atomic mass is 16.5. The maximum absolute atomic E-state index is 10.9. The molecule has 114 valence electrons. The number of oxazole rings is 1. The number of aromatic carboxylic acids is 1. The second-order valence-electron chi connectivity index (χ2n) is 4.85. The molecule has 7 heteroatoms. The predicted octanol–water partition coefficient (Wildman–Crippen LogP) is 1.52. The van der Waals surface area contributed by atoms with Crippen LogP contribution in [-0.2, 0) is 4.74 Å². The Morgan fingerprint density at radius 1 is 1.43 bits per heavy atom. The molecule has 1 aromatic carbocycles. The van der Waals surface area contributed by atoms with Crippen LogP contribution in [0, 0.1) is 0 Å². The van der Waals surface area contributed by atoms with Gasteiger partial charge in [-0.15, -0.1) is 0 Å². The number of hydrogen-bond donors (Lipinski definition) is 2. The van der Waals surface area contributed by atoms with E-state index in [9.17, 15) is 4.79 Å². The number of ether oxygens (including phenoxy) is 1. The Morgan fingerprint density at radius 3 is 2.95 bits per heavy atom. The van der Waals surface area contributed by atoms with Crippen LogP contribution >= 0.6 is 0 Å². The third-order valence-electron chi connectivity index (χ3n) is 2.84. The van der Waals surface area contributed by atoms with Crippen molar-refractivity contribution in [1.29, 1.82) is 0 Å². The molecule has 21 heavy (non-hydrogen) atoms. The predicted molar refractivity (Wildman–Crippen MR) is 78.8 cm³/mol. The fourth-order valence-corrected chi connectivity index (χ4v) is 1.71. The fourth-order valence-electron chi connectivity index (χ4n) is 1.71. The Kier molecular flexibility index (Phi) is 5.13. The molecule has 0 saturated carbocycles. The lowest BCUT2D eigenvalue weighted by Crippen LogP contribution is -2.20. The van der Waals surface area contributed by atoms with Crippen molar-refractivity contribution in [2.24, 2.45) is 0 Å². The molecule has 0 fully saturated rings. The van der Waals surface area contributed by atoms with E-state index in [2.05, 4.69) is 10.3 Å². The van der Waals surface area contributed by atoms with Crippen molar-refractivity contribution in [3.05, 3.63) is 23.8 Å². The first-order valence-corrected chi connectivity index (χ1v) is 6.66. The van der Waals surface area contributed by atoms with Crippen molar-refractivity contribution in [1.82, 2.24) is 9.88 Å². The van der Waals surface area contributed by atoms with Gasteiger partial charge in [0.1, 0.15) is 5.52 Å². The van der Waals surface area contributed by atoms with Crippen molar-refractivity contribution in [3.8, 4) is 0 Å². The Balaban J connectivity index is 1.84. The number of hydrogen-bond acceptors (Lipinski definition) is 6. The normalized spacial score (nSPS) is 11.2. The van der Waals surface area contributed by atoms with Crippen LogP contribution in [0.4, 0.5) is 6.01 Å². The van der Waals surface area contributed by atoms with Crippen LogP contribution in [0.3, 0.4) is 0 Å². The lowest BCUT2D eigenvalue weighted by molar-refractivity contribution is 0.0697. The Morgan fingerprint density at radius 2 is 2.24 bits per heavy atom. The number of anilines is 1. The Bertz CT molecular complexity index is 609. The van der Waals surface area contributed by atoms with Gasteiger partial charge in [0.15, 0.2) is 5.58 Å². The first-order valence-electron chi connectivity index (χ1n) is 6.66. The number of aromatic nitrogens is 1. The zero-order valence-electron chi connectivity index (χ0n) is 12.1. The lowest BCUT2D eigenvalue weighted by atomic mass is 10.2. The van der Waals surface area contributed by atoms with Gasteiger partial charge in [0.25, 0.3) is 6.01 Å². The van der Waals surface area contributed by atoms with E-state index in [0.717, 1.165) is 6.54 Å². The van der Waals surface area contributed by atoms with E-state index in [0.29, 0.717) is 36.9 Å². The summed E-state index contributed by atoms with van der Waals surface area (Å²) in [5.41, 5.74) is 1.25. The average Bonchev–Trinajstić information content (AvgIpc) is 2.83. The molecule has 0 bridgehead atoms. The summed E-state index contributed by atoms with van der Waals surface area (Å²) in [5, 5.41) is 11.9. The van der Waals surface area contributed by atoms with Crippen molar-refractivity contribution in [3.63, 3.8) is 0 Å². The summed E-state index contributed by atoms with van der Waals surface area (Å²) in [6.07, 6.45) is 0. The van der Waals surface area contributed by atoms with Gasteiger partial charge in [-0.25, -0.2) is 4.79 Å². The quantitative estimate of drug-likeness (QED) is 0.713. The molecule has 7 nitrogen and oxygen atoms in total. The molecule has 1 heterocycles. The number of benzene rings is 1. The third kappa shape index (κ3) is 4.44. The number of nitrogens with zero attached hydrogens (tertiary/aromatic N) is 2. The zero-order chi connectivity index (χ0) is 15.2. The standard InChI is InChI=1S/C14H19N3O4/c1-17(2)6-8-20-7-5-15-14-16-11-4-3-10(13(18)19)9-12(11)21-14/h3-4,9H,5-8H2,1-2H3,(H,15,16)(H,18,19). The van der Waals surface area contributed by atoms with Crippen LogP contribution in [0.15, 0.2) is 22.6 Å². The number of rotatable bonds is 8. The van der Waals surface area contributed by atoms with Gasteiger partial charge in [0, 0.05) is 13.1 Å². The second-order valence-corrected chi connectivity index (χ2v) is 4.85. The highest BCUT2D eigenvalue weighted by Crippen LogP contribution is 2.20. The summed E-state index contributed by atoms with van der Waals surface area (Å²) in [5.74, 6) is -0.989. The molecule has 0 radical (unpaired) electrons. The highest BCUT2D eigenvalue weighted by molar-refractivity contribution is 5.92. The number of likely N-dealkylation sites (N-methyl/N-ethyl adjacent to an activating group) is 1. The van der Waals surface area contributed by atoms with E-state index in [4.69, 9.17) is 14.3 Å². The van der Waals surface area contributed by atoms with Gasteiger partial charge in [-0.1, -0.05) is 0 Å². The van der Waals surface area contributed by atoms with Gasteiger partial charge in [0.2, 0.25) is 0 Å². The van der Waals surface area contributed by atoms with Gasteiger partial charge < -0.3 is 24.5 Å². The fraction of sp³-hybridized carbons (Fsp3) is 0.429. The van der Waals surface area contributed by atoms with Crippen LogP contribution < -0.4 is 5.32 Å².